The van der Waals surface area contributed by atoms with Crippen LogP contribution in [0.4, 0.5) is 5.69 Å². The fraction of sp³-hybridized carbons (Fsp3) is 0.259. The van der Waals surface area contributed by atoms with Gasteiger partial charge in [0.05, 0.1) is 7.11 Å². The molecule has 178 valence electrons. The highest BCUT2D eigenvalue weighted by atomic mass is 35.5. The highest BCUT2D eigenvalue weighted by molar-refractivity contribution is 6.30. The number of esters is 1. The molecular weight excluding hydrogens is 452 g/mol. The quantitative estimate of drug-likeness (QED) is 0.391. The van der Waals surface area contributed by atoms with Gasteiger partial charge in [-0.15, -0.1) is 0 Å². The number of carbonyl (C=O) groups excluding carboxylic acids is 2. The Kier molecular flexibility index (Phi) is 9.35. The maximum atomic E-state index is 13.1. The van der Waals surface area contributed by atoms with Crippen LogP contribution in [0.3, 0.4) is 0 Å². The van der Waals surface area contributed by atoms with Crippen molar-refractivity contribution in [3.8, 4) is 5.75 Å². The van der Waals surface area contributed by atoms with Crippen LogP contribution in [0.25, 0.3) is 0 Å². The Morgan fingerprint density at radius 1 is 0.941 bits per heavy atom. The summed E-state index contributed by atoms with van der Waals surface area (Å²) >= 11 is 6.06. The summed E-state index contributed by atoms with van der Waals surface area (Å²) in [6.07, 6.45) is 0.509. The summed E-state index contributed by atoms with van der Waals surface area (Å²) in [4.78, 5) is 27.6. The molecule has 3 aromatic carbocycles. The maximum Gasteiger partial charge on any atom is 0.325 e. The van der Waals surface area contributed by atoms with Crippen LogP contribution in [0.1, 0.15) is 24.5 Å². The van der Waals surface area contributed by atoms with Crippen LogP contribution in [-0.4, -0.2) is 31.6 Å². The number of benzene rings is 3. The summed E-state index contributed by atoms with van der Waals surface area (Å²) in [5.41, 5.74) is 2.56. The molecule has 1 atom stereocenters. The van der Waals surface area contributed by atoms with E-state index >= 15 is 0 Å². The van der Waals surface area contributed by atoms with Crippen LogP contribution in [0, 0.1) is 0 Å². The lowest BCUT2D eigenvalue weighted by atomic mass is 10.1. The van der Waals surface area contributed by atoms with E-state index in [1.807, 2.05) is 61.5 Å². The number of hydrogen-bond acceptors (Lipinski definition) is 5. The molecule has 3 rings (SSSR count). The summed E-state index contributed by atoms with van der Waals surface area (Å²) in [5.74, 6) is 0.139. The summed E-state index contributed by atoms with van der Waals surface area (Å²) in [6.45, 7) is 2.38. The molecule has 0 radical (unpaired) electrons. The van der Waals surface area contributed by atoms with E-state index < -0.39 is 12.0 Å². The minimum absolute atomic E-state index is 0.0744. The molecule has 0 spiro atoms. The van der Waals surface area contributed by atoms with Gasteiger partial charge in [0, 0.05) is 17.3 Å². The zero-order valence-corrected chi connectivity index (χ0v) is 20.1. The van der Waals surface area contributed by atoms with Crippen molar-refractivity contribution in [3.63, 3.8) is 0 Å². The molecule has 0 aromatic heterocycles. The first-order valence-corrected chi connectivity index (χ1v) is 11.5. The van der Waals surface area contributed by atoms with E-state index in [4.69, 9.17) is 21.1 Å². The molecule has 0 aliphatic carbocycles. The molecule has 0 unspecified atom stereocenters. The van der Waals surface area contributed by atoms with E-state index in [1.54, 1.807) is 36.3 Å². The van der Waals surface area contributed by atoms with Crippen molar-refractivity contribution in [3.05, 3.63) is 95.0 Å². The molecule has 0 saturated heterocycles. The van der Waals surface area contributed by atoms with Gasteiger partial charge in [-0.25, -0.2) is 0 Å². The topological polar surface area (TPSA) is 67.9 Å². The molecule has 1 amide bonds. The van der Waals surface area contributed by atoms with Crippen molar-refractivity contribution in [2.75, 3.05) is 18.6 Å². The second kappa shape index (κ2) is 12.7. The number of ether oxygens (including phenoxy) is 2. The monoisotopic (exact) mass is 480 g/mol. The number of anilines is 1. The molecule has 3 aromatic rings. The first kappa shape index (κ1) is 25.1. The smallest absolute Gasteiger partial charge is 0.325 e. The van der Waals surface area contributed by atoms with Gasteiger partial charge in [-0.1, -0.05) is 61.0 Å². The van der Waals surface area contributed by atoms with Gasteiger partial charge in [0.2, 0.25) is 5.91 Å². The van der Waals surface area contributed by atoms with Crippen LogP contribution in [-0.2, 0) is 27.5 Å². The number of nitrogens with one attached hydrogen (secondary N) is 1. The Morgan fingerprint density at radius 3 is 2.24 bits per heavy atom. The summed E-state index contributed by atoms with van der Waals surface area (Å²) in [5, 5.41) is 3.56. The molecule has 0 saturated carbocycles. The van der Waals surface area contributed by atoms with Gasteiger partial charge in [-0.3, -0.25) is 9.59 Å². The number of halogens is 1. The predicted molar refractivity (Wildman–Crippen MR) is 134 cm³/mol. The molecule has 6 nitrogen and oxygen atoms in total. The Labute approximate surface area is 205 Å². The Bertz CT molecular complexity index is 1060. The number of amides is 1. The van der Waals surface area contributed by atoms with E-state index in [9.17, 15) is 9.59 Å². The second-order valence-electron chi connectivity index (χ2n) is 7.74. The number of methoxy groups -OCH3 is 1. The van der Waals surface area contributed by atoms with Crippen molar-refractivity contribution < 1.29 is 19.1 Å². The van der Waals surface area contributed by atoms with Gasteiger partial charge in [-0.05, 0) is 53.9 Å². The Hall–Kier alpha value is -3.51. The molecule has 0 heterocycles. The van der Waals surface area contributed by atoms with Gasteiger partial charge < -0.3 is 19.7 Å². The third-order valence-corrected chi connectivity index (χ3v) is 5.64. The largest absolute Gasteiger partial charge is 0.497 e. The average Bonchev–Trinajstić information content (AvgIpc) is 2.87. The van der Waals surface area contributed by atoms with Gasteiger partial charge in [0.1, 0.15) is 24.9 Å². The van der Waals surface area contributed by atoms with Crippen LogP contribution in [0.15, 0.2) is 78.9 Å². The lowest BCUT2D eigenvalue weighted by molar-refractivity contribution is -0.143. The molecule has 1 N–H and O–H groups in total. The fourth-order valence-electron chi connectivity index (χ4n) is 3.53. The summed E-state index contributed by atoms with van der Waals surface area (Å²) in [6, 6.07) is 23.5. The van der Waals surface area contributed by atoms with Crippen molar-refractivity contribution in [2.45, 2.75) is 32.5 Å². The van der Waals surface area contributed by atoms with E-state index in [0.717, 1.165) is 16.9 Å². The highest BCUT2D eigenvalue weighted by Gasteiger charge is 2.27. The van der Waals surface area contributed by atoms with Crippen molar-refractivity contribution >= 4 is 29.2 Å². The van der Waals surface area contributed by atoms with Crippen molar-refractivity contribution in [1.82, 2.24) is 5.32 Å². The van der Waals surface area contributed by atoms with Gasteiger partial charge in [-0.2, -0.15) is 0 Å². The van der Waals surface area contributed by atoms with Crippen LogP contribution in [0.2, 0.25) is 5.02 Å². The Balaban J connectivity index is 1.70. The van der Waals surface area contributed by atoms with Crippen LogP contribution in [0.5, 0.6) is 5.75 Å². The average molecular weight is 481 g/mol. The summed E-state index contributed by atoms with van der Waals surface area (Å²) in [7, 11) is 1.60. The minimum Gasteiger partial charge on any atom is -0.497 e. The zero-order valence-electron chi connectivity index (χ0n) is 19.4. The second-order valence-corrected chi connectivity index (χ2v) is 8.18. The highest BCUT2D eigenvalue weighted by Crippen LogP contribution is 2.22. The Morgan fingerprint density at radius 2 is 1.62 bits per heavy atom. The maximum absolute atomic E-state index is 13.1. The van der Waals surface area contributed by atoms with Crippen molar-refractivity contribution in [2.24, 2.45) is 0 Å². The van der Waals surface area contributed by atoms with Crippen LogP contribution >= 0.6 is 11.6 Å². The van der Waals surface area contributed by atoms with Gasteiger partial charge in [0.25, 0.3) is 0 Å². The minimum atomic E-state index is -0.557. The number of carbonyl (C=O) groups is 2. The number of hydrogen-bond donors (Lipinski definition) is 1. The van der Waals surface area contributed by atoms with Gasteiger partial charge in [0.15, 0.2) is 0 Å². The molecule has 0 aliphatic heterocycles. The molecule has 34 heavy (non-hydrogen) atoms. The normalized spacial score (nSPS) is 11.4. The molecule has 0 fully saturated rings. The standard InChI is InChI=1S/C27H29ClN2O4/c1-3-25(27(32)29-17-20-7-5-4-6-8-20)30(23-13-11-22(28)12-14-23)18-26(31)34-19-21-9-15-24(33-2)16-10-21/h4-16,25H,3,17-19H2,1-2H3,(H,29,32)/t25-/m1/s1. The molecule has 0 bridgehead atoms. The molecule has 0 aliphatic rings. The fourth-order valence-corrected chi connectivity index (χ4v) is 3.66. The van der Waals surface area contributed by atoms with Crippen molar-refractivity contribution in [1.29, 1.82) is 0 Å². The number of rotatable bonds is 11. The first-order valence-electron chi connectivity index (χ1n) is 11.1. The molecular formula is C27H29ClN2O4. The third kappa shape index (κ3) is 7.25. The molecule has 7 heteroatoms. The zero-order chi connectivity index (χ0) is 24.3. The van der Waals surface area contributed by atoms with E-state index in [2.05, 4.69) is 5.32 Å². The van der Waals surface area contributed by atoms with E-state index in [-0.39, 0.29) is 19.1 Å². The first-order chi connectivity index (χ1) is 16.5. The van der Waals surface area contributed by atoms with Gasteiger partial charge >= 0.3 is 5.97 Å². The number of nitrogens with zero attached hydrogens (tertiary/aromatic N) is 1. The van der Waals surface area contributed by atoms with Crippen LogP contribution < -0.4 is 15.0 Å². The SMILES string of the molecule is CC[C@H](C(=O)NCc1ccccc1)N(CC(=O)OCc1ccc(OC)cc1)c1ccc(Cl)cc1. The summed E-state index contributed by atoms with van der Waals surface area (Å²) < 4.78 is 10.7. The van der Waals surface area contributed by atoms with E-state index in [0.29, 0.717) is 23.7 Å². The lowest BCUT2D eigenvalue weighted by Crippen LogP contribution is -2.49. The third-order valence-electron chi connectivity index (χ3n) is 5.39. The van der Waals surface area contributed by atoms with E-state index in [1.165, 1.54) is 0 Å². The lowest BCUT2D eigenvalue weighted by Gasteiger charge is -2.31. The predicted octanol–water partition coefficient (Wildman–Crippen LogP) is 4.99.